The third kappa shape index (κ3) is 6.04. The highest BCUT2D eigenvalue weighted by Gasteiger charge is 2.24. The molecule has 0 unspecified atom stereocenters. The molecule has 3 nitrogen and oxygen atoms in total. The average molecular weight is 631 g/mol. The molecule has 0 aliphatic carbocycles. The third-order valence-corrected chi connectivity index (χ3v) is 8.53. The number of hydrogen-bond donors (Lipinski definition) is 0. The molecule has 164 valence electrons. The minimum absolute atomic E-state index is 0.691. The molecule has 0 aromatic heterocycles. The lowest BCUT2D eigenvalue weighted by Gasteiger charge is -2.21. The quantitative estimate of drug-likeness (QED) is 0.221. The van der Waals surface area contributed by atoms with Gasteiger partial charge in [-0.15, -0.1) is 0 Å². The van der Waals surface area contributed by atoms with Gasteiger partial charge in [-0.2, -0.15) is 0 Å². The fourth-order valence-electron chi connectivity index (χ4n) is 3.00. The first kappa shape index (κ1) is 24.6. The Morgan fingerprint density at radius 1 is 0.548 bits per heavy atom. The van der Waals surface area contributed by atoms with Gasteiger partial charge in [-0.05, 0) is 102 Å². The maximum Gasteiger partial charge on any atom is 0.530 e. The van der Waals surface area contributed by atoms with Crippen molar-refractivity contribution in [2.75, 3.05) is 0 Å². The summed E-state index contributed by atoms with van der Waals surface area (Å²) in [6.45, 7) is 6.33. The first-order chi connectivity index (χ1) is 15.0. The maximum atomic E-state index is 6.28. The van der Waals surface area contributed by atoms with Crippen LogP contribution < -0.4 is 13.6 Å². The van der Waals surface area contributed by atoms with Crippen LogP contribution in [0.5, 0.6) is 17.2 Å². The predicted octanol–water partition coefficient (Wildman–Crippen LogP) is 9.42. The summed E-state index contributed by atoms with van der Waals surface area (Å²) in [4.78, 5) is 0. The van der Waals surface area contributed by atoms with Gasteiger partial charge in [0.2, 0.25) is 0 Å². The van der Waals surface area contributed by atoms with Crippen LogP contribution in [0.3, 0.4) is 0 Å². The van der Waals surface area contributed by atoms with E-state index in [0.29, 0.717) is 17.2 Å². The Labute approximate surface area is 210 Å². The third-order valence-electron chi connectivity index (χ3n) is 4.79. The second-order valence-electron chi connectivity index (χ2n) is 6.75. The highest BCUT2D eigenvalue weighted by atomic mass is 79.9. The summed E-state index contributed by atoms with van der Waals surface area (Å²) in [6.07, 6.45) is 2.68. The Morgan fingerprint density at radius 3 is 1.10 bits per heavy atom. The minimum atomic E-state index is -1.78. The first-order valence-corrected chi connectivity index (χ1v) is 13.6. The second-order valence-corrected chi connectivity index (χ2v) is 10.1. The fourth-order valence-corrected chi connectivity index (χ4v) is 6.30. The van der Waals surface area contributed by atoms with Gasteiger partial charge in [-0.3, -0.25) is 0 Å². The van der Waals surface area contributed by atoms with Crippen molar-refractivity contribution in [2.45, 2.75) is 40.0 Å². The maximum absolute atomic E-state index is 6.28. The molecule has 0 fully saturated rings. The smallest absolute Gasteiger partial charge is 0.407 e. The average Bonchev–Trinajstić information content (AvgIpc) is 2.78. The van der Waals surface area contributed by atoms with Crippen LogP contribution in [0.25, 0.3) is 0 Å². The number of benzene rings is 3. The van der Waals surface area contributed by atoms with Crippen LogP contribution in [0.1, 0.15) is 37.5 Å². The van der Waals surface area contributed by atoms with Crippen molar-refractivity contribution in [1.29, 1.82) is 0 Å². The summed E-state index contributed by atoms with van der Waals surface area (Å²) in [6, 6.07) is 17.9. The molecular weight excluding hydrogens is 607 g/mol. The van der Waals surface area contributed by atoms with Crippen molar-refractivity contribution in [2.24, 2.45) is 0 Å². The Kier molecular flexibility index (Phi) is 9.27. The van der Waals surface area contributed by atoms with Gasteiger partial charge in [0.05, 0.1) is 13.4 Å². The molecule has 0 bridgehead atoms. The Hall–Kier alpha value is -1.07. The summed E-state index contributed by atoms with van der Waals surface area (Å²) < 4.78 is 21.6. The zero-order chi connectivity index (χ0) is 22.4. The summed E-state index contributed by atoms with van der Waals surface area (Å²) >= 11 is 11.0. The van der Waals surface area contributed by atoms with E-state index >= 15 is 0 Å². The van der Waals surface area contributed by atoms with Crippen molar-refractivity contribution < 1.29 is 13.6 Å². The van der Waals surface area contributed by atoms with Gasteiger partial charge in [-0.25, -0.2) is 0 Å². The number of hydrogen-bond acceptors (Lipinski definition) is 3. The largest absolute Gasteiger partial charge is 0.530 e. The van der Waals surface area contributed by atoms with Crippen LogP contribution in [-0.2, 0) is 19.3 Å². The van der Waals surface area contributed by atoms with Crippen LogP contribution in [0, 0.1) is 0 Å². The predicted molar refractivity (Wildman–Crippen MR) is 139 cm³/mol. The standard InChI is InChI=1S/C24H24Br3O3P/c1-4-16-10-7-13-19(22(16)25)28-31(29-20-14-8-11-17(5-2)23(20)26)30-21-15-9-12-18(6-3)24(21)27/h7-15H,4-6H2,1-3H3. The number of aryl methyl sites for hydroxylation is 3. The zero-order valence-corrected chi connectivity index (χ0v) is 23.3. The Balaban J connectivity index is 1.96. The molecule has 0 radical (unpaired) electrons. The van der Waals surface area contributed by atoms with E-state index in [9.17, 15) is 0 Å². The molecule has 0 spiro atoms. The lowest BCUT2D eigenvalue weighted by Crippen LogP contribution is -2.05. The topological polar surface area (TPSA) is 27.7 Å². The molecule has 0 heterocycles. The molecule has 0 amide bonds. The molecule has 0 saturated heterocycles. The number of halogens is 3. The number of rotatable bonds is 9. The van der Waals surface area contributed by atoms with Gasteiger partial charge in [0.25, 0.3) is 0 Å². The van der Waals surface area contributed by atoms with E-state index in [2.05, 4.69) is 86.8 Å². The highest BCUT2D eigenvalue weighted by Crippen LogP contribution is 2.48. The van der Waals surface area contributed by atoms with Gasteiger partial charge >= 0.3 is 8.60 Å². The Morgan fingerprint density at radius 2 is 0.839 bits per heavy atom. The van der Waals surface area contributed by atoms with Crippen LogP contribution >= 0.6 is 56.4 Å². The fraction of sp³-hybridized carbons (Fsp3) is 0.250. The summed E-state index contributed by atoms with van der Waals surface area (Å²) in [5.74, 6) is 2.07. The molecule has 7 heteroatoms. The molecular formula is C24H24Br3O3P. The monoisotopic (exact) mass is 628 g/mol. The molecule has 0 N–H and O–H groups in total. The van der Waals surface area contributed by atoms with Crippen LogP contribution in [0.2, 0.25) is 0 Å². The molecule has 3 aromatic rings. The van der Waals surface area contributed by atoms with E-state index in [0.717, 1.165) is 49.4 Å². The summed E-state index contributed by atoms with van der Waals surface area (Å²) in [5.41, 5.74) is 3.49. The molecule has 3 rings (SSSR count). The van der Waals surface area contributed by atoms with Crippen molar-refractivity contribution in [3.05, 3.63) is 84.7 Å². The second kappa shape index (κ2) is 11.7. The van der Waals surface area contributed by atoms with E-state index < -0.39 is 8.60 Å². The summed E-state index contributed by atoms with van der Waals surface area (Å²) in [5, 5.41) is 0. The van der Waals surface area contributed by atoms with E-state index in [1.165, 1.54) is 0 Å². The van der Waals surface area contributed by atoms with Gasteiger partial charge in [0.15, 0.2) is 0 Å². The first-order valence-electron chi connectivity index (χ1n) is 10.1. The molecule has 31 heavy (non-hydrogen) atoms. The zero-order valence-electron chi connectivity index (χ0n) is 17.6. The van der Waals surface area contributed by atoms with Crippen molar-refractivity contribution in [1.82, 2.24) is 0 Å². The lowest BCUT2D eigenvalue weighted by molar-refractivity contribution is 0.385. The lowest BCUT2D eigenvalue weighted by atomic mass is 10.2. The van der Waals surface area contributed by atoms with Crippen molar-refractivity contribution >= 4 is 56.4 Å². The SMILES string of the molecule is CCc1cccc(OP(Oc2cccc(CC)c2Br)Oc2cccc(CC)c2Br)c1Br. The Bertz CT molecular complexity index is 911. The van der Waals surface area contributed by atoms with Crippen LogP contribution in [-0.4, -0.2) is 0 Å². The normalized spacial score (nSPS) is 10.9. The molecule has 0 atom stereocenters. The molecule has 0 saturated carbocycles. The highest BCUT2D eigenvalue weighted by molar-refractivity contribution is 9.11. The van der Waals surface area contributed by atoms with Gasteiger partial charge in [-0.1, -0.05) is 57.2 Å². The molecule has 0 aliphatic rings. The van der Waals surface area contributed by atoms with E-state index in [4.69, 9.17) is 13.6 Å². The van der Waals surface area contributed by atoms with Gasteiger partial charge < -0.3 is 13.6 Å². The van der Waals surface area contributed by atoms with E-state index in [-0.39, 0.29) is 0 Å². The van der Waals surface area contributed by atoms with Gasteiger partial charge in [0, 0.05) is 0 Å². The van der Waals surface area contributed by atoms with Crippen LogP contribution in [0.15, 0.2) is 68.0 Å². The van der Waals surface area contributed by atoms with Gasteiger partial charge in [0.1, 0.15) is 17.2 Å². The molecule has 0 aliphatic heterocycles. The van der Waals surface area contributed by atoms with Crippen molar-refractivity contribution in [3.63, 3.8) is 0 Å². The van der Waals surface area contributed by atoms with E-state index in [1.807, 2.05) is 36.4 Å². The van der Waals surface area contributed by atoms with E-state index in [1.54, 1.807) is 0 Å². The van der Waals surface area contributed by atoms with Crippen molar-refractivity contribution in [3.8, 4) is 17.2 Å². The molecule has 3 aromatic carbocycles. The minimum Gasteiger partial charge on any atom is -0.407 e. The van der Waals surface area contributed by atoms with Crippen LogP contribution in [0.4, 0.5) is 0 Å². The summed E-state index contributed by atoms with van der Waals surface area (Å²) in [7, 11) is -1.78.